The molecule has 0 aliphatic carbocycles. The number of aromatic nitrogens is 2. The molecule has 0 N–H and O–H groups in total. The Morgan fingerprint density at radius 2 is 2.15 bits per heavy atom. The normalized spacial score (nSPS) is 11.2. The third-order valence-corrected chi connectivity index (χ3v) is 3.57. The lowest BCUT2D eigenvalue weighted by atomic mass is 10.2. The second-order valence-corrected chi connectivity index (χ2v) is 5.38. The molecule has 106 valence electrons. The molecule has 2 rings (SSSR count). The quantitative estimate of drug-likeness (QED) is 0.607. The predicted molar refractivity (Wildman–Crippen MR) is 81.8 cm³/mol. The summed E-state index contributed by atoms with van der Waals surface area (Å²) in [4.78, 5) is 6.70. The van der Waals surface area contributed by atoms with Crippen LogP contribution in [0.4, 0.5) is 0 Å². The number of fused-ring (bicyclic) bond motifs is 1. The molecule has 0 radical (unpaired) electrons. The molecular formula is C15H19ClN4. The lowest BCUT2D eigenvalue weighted by Gasteiger charge is -2.11. The average molecular weight is 291 g/mol. The van der Waals surface area contributed by atoms with E-state index in [1.807, 2.05) is 12.1 Å². The Labute approximate surface area is 124 Å². The Morgan fingerprint density at radius 3 is 2.80 bits per heavy atom. The molecule has 1 aromatic carbocycles. The fraction of sp³-hybridized carbons (Fsp3) is 0.467. The number of alkyl halides is 1. The number of nitriles is 1. The van der Waals surface area contributed by atoms with E-state index in [-0.39, 0.29) is 0 Å². The van der Waals surface area contributed by atoms with Crippen molar-refractivity contribution in [1.82, 2.24) is 14.5 Å². The molecule has 5 heteroatoms. The Bertz CT molecular complexity index is 625. The summed E-state index contributed by atoms with van der Waals surface area (Å²) in [5.41, 5.74) is 2.38. The highest BCUT2D eigenvalue weighted by atomic mass is 35.5. The van der Waals surface area contributed by atoms with Crippen LogP contribution in [0.15, 0.2) is 18.2 Å². The molecule has 0 aliphatic rings. The number of rotatable bonds is 6. The van der Waals surface area contributed by atoms with Crippen molar-refractivity contribution in [3.63, 3.8) is 0 Å². The maximum Gasteiger partial charge on any atom is 0.124 e. The summed E-state index contributed by atoms with van der Waals surface area (Å²) in [5, 5.41) is 9.15. The fourth-order valence-electron chi connectivity index (χ4n) is 2.33. The van der Waals surface area contributed by atoms with Crippen LogP contribution >= 0.6 is 11.6 Å². The molecule has 1 aromatic heterocycles. The minimum absolute atomic E-state index is 0.368. The van der Waals surface area contributed by atoms with Crippen molar-refractivity contribution in [2.45, 2.75) is 25.3 Å². The number of benzene rings is 1. The van der Waals surface area contributed by atoms with Gasteiger partial charge in [0.05, 0.1) is 17.0 Å². The van der Waals surface area contributed by atoms with E-state index in [9.17, 15) is 0 Å². The highest BCUT2D eigenvalue weighted by Gasteiger charge is 2.12. The van der Waals surface area contributed by atoms with Gasteiger partial charge in [0, 0.05) is 6.54 Å². The van der Waals surface area contributed by atoms with Crippen molar-refractivity contribution in [2.75, 3.05) is 20.6 Å². The molecule has 4 nitrogen and oxygen atoms in total. The van der Waals surface area contributed by atoms with Crippen molar-refractivity contribution in [1.29, 1.82) is 5.26 Å². The third-order valence-electron chi connectivity index (χ3n) is 3.33. The highest BCUT2D eigenvalue weighted by Crippen LogP contribution is 2.21. The summed E-state index contributed by atoms with van der Waals surface area (Å²) in [7, 11) is 4.16. The number of halogens is 1. The Kier molecular flexibility index (Phi) is 4.99. The average Bonchev–Trinajstić information content (AvgIpc) is 2.81. The number of imidazole rings is 1. The molecule has 0 spiro atoms. The van der Waals surface area contributed by atoms with Gasteiger partial charge in [-0.05, 0) is 45.6 Å². The van der Waals surface area contributed by atoms with Gasteiger partial charge < -0.3 is 9.47 Å². The first-order valence-electron chi connectivity index (χ1n) is 6.76. The number of hydrogen-bond donors (Lipinski definition) is 0. The van der Waals surface area contributed by atoms with Crippen LogP contribution in [0.5, 0.6) is 0 Å². The number of aryl methyl sites for hydroxylation is 1. The van der Waals surface area contributed by atoms with Crippen LogP contribution in [-0.2, 0) is 12.4 Å². The van der Waals surface area contributed by atoms with E-state index in [2.05, 4.69) is 34.6 Å². The van der Waals surface area contributed by atoms with E-state index in [0.717, 1.165) is 42.8 Å². The zero-order chi connectivity index (χ0) is 14.5. The first kappa shape index (κ1) is 14.8. The van der Waals surface area contributed by atoms with Crippen molar-refractivity contribution in [3.05, 3.63) is 29.6 Å². The molecule has 0 unspecified atom stereocenters. The van der Waals surface area contributed by atoms with Crippen molar-refractivity contribution in [3.8, 4) is 6.07 Å². The van der Waals surface area contributed by atoms with Gasteiger partial charge in [-0.15, -0.1) is 11.6 Å². The van der Waals surface area contributed by atoms with Gasteiger partial charge in [-0.3, -0.25) is 0 Å². The summed E-state index contributed by atoms with van der Waals surface area (Å²) in [6.07, 6.45) is 2.21. The van der Waals surface area contributed by atoms with E-state index >= 15 is 0 Å². The van der Waals surface area contributed by atoms with Crippen LogP contribution < -0.4 is 0 Å². The lowest BCUT2D eigenvalue weighted by Crippen LogP contribution is -2.13. The predicted octanol–water partition coefficient (Wildman–Crippen LogP) is 2.99. The fourth-order valence-corrected chi connectivity index (χ4v) is 2.54. The van der Waals surface area contributed by atoms with E-state index < -0.39 is 0 Å². The summed E-state index contributed by atoms with van der Waals surface area (Å²) < 4.78 is 2.14. The zero-order valence-corrected chi connectivity index (χ0v) is 12.7. The number of hydrogen-bond acceptors (Lipinski definition) is 3. The molecule has 0 fully saturated rings. The number of unbranched alkanes of at least 4 members (excludes halogenated alkanes) is 1. The van der Waals surface area contributed by atoms with E-state index in [1.54, 1.807) is 6.07 Å². The second-order valence-electron chi connectivity index (χ2n) is 5.11. The summed E-state index contributed by atoms with van der Waals surface area (Å²) in [6.45, 7) is 1.97. The van der Waals surface area contributed by atoms with Gasteiger partial charge >= 0.3 is 0 Å². The van der Waals surface area contributed by atoms with E-state index in [4.69, 9.17) is 16.9 Å². The molecule has 0 atom stereocenters. The number of para-hydroxylation sites is 1. The first-order chi connectivity index (χ1) is 9.67. The molecule has 20 heavy (non-hydrogen) atoms. The van der Waals surface area contributed by atoms with Crippen molar-refractivity contribution < 1.29 is 0 Å². The van der Waals surface area contributed by atoms with Crippen LogP contribution in [-0.4, -0.2) is 35.1 Å². The molecule has 0 aliphatic heterocycles. The molecule has 0 amide bonds. The maximum absolute atomic E-state index is 9.15. The molecule has 1 heterocycles. The van der Waals surface area contributed by atoms with Crippen LogP contribution in [0.1, 0.15) is 24.2 Å². The van der Waals surface area contributed by atoms with Crippen molar-refractivity contribution >= 4 is 22.6 Å². The van der Waals surface area contributed by atoms with Crippen LogP contribution in [0.3, 0.4) is 0 Å². The maximum atomic E-state index is 9.15. The standard InChI is InChI=1S/C15H19ClN4/c1-19(2)8-3-4-9-20-13-7-5-6-12(11-17)15(13)18-14(20)10-16/h5-7H,3-4,8-10H2,1-2H3. The molecule has 0 bridgehead atoms. The molecule has 0 saturated carbocycles. The van der Waals surface area contributed by atoms with Gasteiger partial charge in [-0.25, -0.2) is 4.98 Å². The largest absolute Gasteiger partial charge is 0.327 e. The highest BCUT2D eigenvalue weighted by molar-refractivity contribution is 6.16. The zero-order valence-electron chi connectivity index (χ0n) is 11.9. The molecule has 0 saturated heterocycles. The van der Waals surface area contributed by atoms with Crippen LogP contribution in [0.2, 0.25) is 0 Å². The summed E-state index contributed by atoms with van der Waals surface area (Å²) >= 11 is 5.99. The van der Waals surface area contributed by atoms with Gasteiger partial charge in [-0.1, -0.05) is 6.07 Å². The minimum atomic E-state index is 0.368. The van der Waals surface area contributed by atoms with Gasteiger partial charge in [-0.2, -0.15) is 5.26 Å². The monoisotopic (exact) mass is 290 g/mol. The topological polar surface area (TPSA) is 44.9 Å². The van der Waals surface area contributed by atoms with Crippen molar-refractivity contribution in [2.24, 2.45) is 0 Å². The van der Waals surface area contributed by atoms with Gasteiger partial charge in [0.15, 0.2) is 0 Å². The summed E-state index contributed by atoms with van der Waals surface area (Å²) in [5.74, 6) is 1.21. The lowest BCUT2D eigenvalue weighted by molar-refractivity contribution is 0.388. The SMILES string of the molecule is CN(C)CCCCn1c(CCl)nc2c(C#N)cccc21. The molecule has 2 aromatic rings. The second kappa shape index (κ2) is 6.74. The van der Waals surface area contributed by atoms with Gasteiger partial charge in [0.1, 0.15) is 17.4 Å². The number of nitrogens with zero attached hydrogens (tertiary/aromatic N) is 4. The van der Waals surface area contributed by atoms with E-state index in [0.29, 0.717) is 11.4 Å². The van der Waals surface area contributed by atoms with Crippen LogP contribution in [0.25, 0.3) is 11.0 Å². The Balaban J connectivity index is 2.25. The minimum Gasteiger partial charge on any atom is -0.327 e. The smallest absolute Gasteiger partial charge is 0.124 e. The summed E-state index contributed by atoms with van der Waals surface area (Å²) in [6, 6.07) is 7.89. The molecular weight excluding hydrogens is 272 g/mol. The first-order valence-corrected chi connectivity index (χ1v) is 7.29. The van der Waals surface area contributed by atoms with Gasteiger partial charge in [0.2, 0.25) is 0 Å². The Morgan fingerprint density at radius 1 is 1.35 bits per heavy atom. The third kappa shape index (κ3) is 3.12. The van der Waals surface area contributed by atoms with Crippen LogP contribution in [0, 0.1) is 11.3 Å². The Hall–Kier alpha value is -1.57. The van der Waals surface area contributed by atoms with Gasteiger partial charge in [0.25, 0.3) is 0 Å². The van der Waals surface area contributed by atoms with E-state index in [1.165, 1.54) is 0 Å².